The first-order chi connectivity index (χ1) is 11.9. The highest BCUT2D eigenvalue weighted by atomic mass is 19.4. The SMILES string of the molecule is O=C(N1CCC[C@H]2c3cc(-c4ccccc4)ccc3C[C@H]21)C(F)(F)F. The highest BCUT2D eigenvalue weighted by Gasteiger charge is 2.49. The highest BCUT2D eigenvalue weighted by molar-refractivity contribution is 5.82. The molecule has 1 heterocycles. The molecule has 0 bridgehead atoms. The Labute approximate surface area is 144 Å². The summed E-state index contributed by atoms with van der Waals surface area (Å²) in [6, 6.07) is 15.7. The smallest absolute Gasteiger partial charge is 0.331 e. The lowest BCUT2D eigenvalue weighted by Crippen LogP contribution is -2.51. The van der Waals surface area contributed by atoms with E-state index in [-0.39, 0.29) is 18.5 Å². The maximum atomic E-state index is 12.9. The number of carbonyl (C=O) groups is 1. The Kier molecular flexibility index (Phi) is 3.82. The molecule has 2 atom stereocenters. The van der Waals surface area contributed by atoms with Gasteiger partial charge in [0.25, 0.3) is 0 Å². The summed E-state index contributed by atoms with van der Waals surface area (Å²) in [6.07, 6.45) is -2.85. The molecule has 1 aliphatic heterocycles. The maximum absolute atomic E-state index is 12.9. The Bertz CT molecular complexity index is 800. The molecule has 1 amide bonds. The molecule has 0 aromatic heterocycles. The van der Waals surface area contributed by atoms with E-state index in [4.69, 9.17) is 0 Å². The van der Waals surface area contributed by atoms with Gasteiger partial charge in [-0.2, -0.15) is 13.2 Å². The molecule has 2 aromatic rings. The van der Waals surface area contributed by atoms with Gasteiger partial charge in [0.2, 0.25) is 0 Å². The number of carbonyl (C=O) groups excluding carboxylic acids is 1. The molecule has 0 saturated carbocycles. The molecule has 1 aliphatic carbocycles. The van der Waals surface area contributed by atoms with Gasteiger partial charge in [-0.3, -0.25) is 4.79 Å². The van der Waals surface area contributed by atoms with Crippen LogP contribution < -0.4 is 0 Å². The summed E-state index contributed by atoms with van der Waals surface area (Å²) in [4.78, 5) is 12.9. The predicted octanol–water partition coefficient (Wildman–Crippen LogP) is 4.55. The van der Waals surface area contributed by atoms with Crippen molar-refractivity contribution in [3.63, 3.8) is 0 Å². The van der Waals surface area contributed by atoms with Crippen LogP contribution in [0.2, 0.25) is 0 Å². The fourth-order valence-electron chi connectivity index (χ4n) is 4.25. The monoisotopic (exact) mass is 345 g/mol. The van der Waals surface area contributed by atoms with Gasteiger partial charge in [-0.1, -0.05) is 48.5 Å². The summed E-state index contributed by atoms with van der Waals surface area (Å²) >= 11 is 0. The Morgan fingerprint density at radius 2 is 1.80 bits per heavy atom. The van der Waals surface area contributed by atoms with Gasteiger partial charge in [0.05, 0.1) is 0 Å². The average Bonchev–Trinajstić information content (AvgIpc) is 2.99. The minimum Gasteiger partial charge on any atom is -0.331 e. The van der Waals surface area contributed by atoms with E-state index >= 15 is 0 Å². The number of hydrogen-bond donors (Lipinski definition) is 0. The summed E-state index contributed by atoms with van der Waals surface area (Å²) in [5, 5.41) is 0. The second-order valence-corrected chi connectivity index (χ2v) is 6.80. The van der Waals surface area contributed by atoms with Crippen molar-refractivity contribution in [2.45, 2.75) is 37.4 Å². The van der Waals surface area contributed by atoms with Crippen molar-refractivity contribution in [1.29, 1.82) is 0 Å². The number of alkyl halides is 3. The number of halogens is 3. The third kappa shape index (κ3) is 2.81. The summed E-state index contributed by atoms with van der Waals surface area (Å²) in [5.41, 5.74) is 4.33. The number of piperidine rings is 1. The van der Waals surface area contributed by atoms with Crippen molar-refractivity contribution in [1.82, 2.24) is 4.90 Å². The van der Waals surface area contributed by atoms with Crippen LogP contribution in [0.4, 0.5) is 13.2 Å². The van der Waals surface area contributed by atoms with Crippen molar-refractivity contribution in [2.75, 3.05) is 6.54 Å². The largest absolute Gasteiger partial charge is 0.471 e. The minimum atomic E-state index is -4.80. The van der Waals surface area contributed by atoms with Gasteiger partial charge in [-0.25, -0.2) is 0 Å². The van der Waals surface area contributed by atoms with Crippen molar-refractivity contribution < 1.29 is 18.0 Å². The van der Waals surface area contributed by atoms with E-state index in [1.807, 2.05) is 42.5 Å². The molecule has 4 rings (SSSR count). The average molecular weight is 345 g/mol. The molecule has 0 unspecified atom stereocenters. The molecule has 25 heavy (non-hydrogen) atoms. The Morgan fingerprint density at radius 3 is 2.52 bits per heavy atom. The van der Waals surface area contributed by atoms with Crippen LogP contribution in [0.5, 0.6) is 0 Å². The fourth-order valence-corrected chi connectivity index (χ4v) is 4.25. The molecule has 1 saturated heterocycles. The van der Waals surface area contributed by atoms with Gasteiger partial charge in [0.1, 0.15) is 0 Å². The van der Waals surface area contributed by atoms with E-state index in [0.29, 0.717) is 12.8 Å². The summed E-state index contributed by atoms with van der Waals surface area (Å²) in [6.45, 7) is 0.193. The van der Waals surface area contributed by atoms with Gasteiger partial charge in [0.15, 0.2) is 0 Å². The predicted molar refractivity (Wildman–Crippen MR) is 89.1 cm³/mol. The molecular formula is C20H18F3NO. The Morgan fingerprint density at radius 1 is 1.04 bits per heavy atom. The Balaban J connectivity index is 1.67. The number of rotatable bonds is 1. The summed E-state index contributed by atoms with van der Waals surface area (Å²) in [5.74, 6) is -1.70. The number of likely N-dealkylation sites (tertiary alicyclic amines) is 1. The van der Waals surface area contributed by atoms with Crippen molar-refractivity contribution >= 4 is 5.91 Å². The third-order valence-corrected chi connectivity index (χ3v) is 5.36. The number of amides is 1. The Hall–Kier alpha value is -2.30. The molecule has 2 aromatic carbocycles. The van der Waals surface area contributed by atoms with E-state index in [2.05, 4.69) is 6.07 Å². The number of nitrogens with zero attached hydrogens (tertiary/aromatic N) is 1. The van der Waals surface area contributed by atoms with E-state index < -0.39 is 12.1 Å². The fraction of sp³-hybridized carbons (Fsp3) is 0.350. The zero-order chi connectivity index (χ0) is 17.6. The van der Waals surface area contributed by atoms with Crippen molar-refractivity contribution in [3.8, 4) is 11.1 Å². The van der Waals surface area contributed by atoms with Crippen LogP contribution in [-0.4, -0.2) is 29.6 Å². The number of fused-ring (bicyclic) bond motifs is 3. The van der Waals surface area contributed by atoms with E-state index in [1.165, 1.54) is 0 Å². The number of benzene rings is 2. The quantitative estimate of drug-likeness (QED) is 0.743. The lowest BCUT2D eigenvalue weighted by atomic mass is 9.87. The molecule has 130 valence electrons. The summed E-state index contributed by atoms with van der Waals surface area (Å²) < 4.78 is 38.7. The van der Waals surface area contributed by atoms with Crippen molar-refractivity contribution in [2.24, 2.45) is 0 Å². The summed E-state index contributed by atoms with van der Waals surface area (Å²) in [7, 11) is 0. The van der Waals surface area contributed by atoms with Crippen LogP contribution in [-0.2, 0) is 11.2 Å². The van der Waals surface area contributed by atoms with Gasteiger partial charge in [-0.05, 0) is 41.5 Å². The van der Waals surface area contributed by atoms with Crippen molar-refractivity contribution in [3.05, 3.63) is 59.7 Å². The molecule has 5 heteroatoms. The first-order valence-corrected chi connectivity index (χ1v) is 8.51. The molecule has 1 fully saturated rings. The van der Waals surface area contributed by atoms with Crippen LogP contribution in [0.25, 0.3) is 11.1 Å². The normalized spacial score (nSPS) is 22.4. The second kappa shape index (κ2) is 5.90. The first-order valence-electron chi connectivity index (χ1n) is 8.51. The molecule has 0 radical (unpaired) electrons. The van der Waals surface area contributed by atoms with Crippen LogP contribution in [0.3, 0.4) is 0 Å². The second-order valence-electron chi connectivity index (χ2n) is 6.80. The third-order valence-electron chi connectivity index (χ3n) is 5.36. The van der Waals surface area contributed by atoms with Gasteiger partial charge in [0, 0.05) is 18.5 Å². The van der Waals surface area contributed by atoms with E-state index in [1.54, 1.807) is 0 Å². The van der Waals surface area contributed by atoms with Gasteiger partial charge in [-0.15, -0.1) is 0 Å². The zero-order valence-electron chi connectivity index (χ0n) is 13.6. The molecular weight excluding hydrogens is 327 g/mol. The standard InChI is InChI=1S/C20H18F3NO/c21-20(22,23)19(25)24-10-4-7-16-17-11-14(13-5-2-1-3-6-13)8-9-15(17)12-18(16)24/h1-3,5-6,8-9,11,16,18H,4,7,10,12H2/t16-,18+/m0/s1. The first kappa shape index (κ1) is 16.2. The maximum Gasteiger partial charge on any atom is 0.471 e. The highest BCUT2D eigenvalue weighted by Crippen LogP contribution is 2.44. The number of hydrogen-bond acceptors (Lipinski definition) is 1. The van der Waals surface area contributed by atoms with Crippen LogP contribution in [0.15, 0.2) is 48.5 Å². The zero-order valence-corrected chi connectivity index (χ0v) is 13.6. The van der Waals surface area contributed by atoms with Crippen LogP contribution in [0.1, 0.15) is 29.9 Å². The lowest BCUT2D eigenvalue weighted by molar-refractivity contribution is -0.189. The van der Waals surface area contributed by atoms with E-state index in [9.17, 15) is 18.0 Å². The van der Waals surface area contributed by atoms with Crippen LogP contribution in [0, 0.1) is 0 Å². The van der Waals surface area contributed by atoms with Gasteiger partial charge < -0.3 is 4.90 Å². The van der Waals surface area contributed by atoms with Gasteiger partial charge >= 0.3 is 12.1 Å². The lowest BCUT2D eigenvalue weighted by Gasteiger charge is -2.38. The molecule has 2 nitrogen and oxygen atoms in total. The topological polar surface area (TPSA) is 20.3 Å². The molecule has 2 aliphatic rings. The molecule has 0 spiro atoms. The molecule has 0 N–H and O–H groups in total. The van der Waals surface area contributed by atoms with Crippen LogP contribution >= 0.6 is 0 Å². The van der Waals surface area contributed by atoms with E-state index in [0.717, 1.165) is 33.6 Å². The minimum absolute atomic E-state index is 0.00119.